The summed E-state index contributed by atoms with van der Waals surface area (Å²) >= 11 is 0. The largest absolute Gasteiger partial charge is 0.444 e. The van der Waals surface area contributed by atoms with Crippen molar-refractivity contribution in [3.05, 3.63) is 35.4 Å². The van der Waals surface area contributed by atoms with Gasteiger partial charge >= 0.3 is 6.09 Å². The predicted molar refractivity (Wildman–Crippen MR) is 168 cm³/mol. The lowest BCUT2D eigenvalue weighted by atomic mass is 9.82. The van der Waals surface area contributed by atoms with Gasteiger partial charge in [0.2, 0.25) is 17.7 Å². The first-order valence-corrected chi connectivity index (χ1v) is 16.7. The van der Waals surface area contributed by atoms with Crippen molar-refractivity contribution in [1.82, 2.24) is 25.3 Å². The average Bonchev–Trinajstić information content (AvgIpc) is 3.60. The van der Waals surface area contributed by atoms with E-state index in [2.05, 4.69) is 15.5 Å². The van der Waals surface area contributed by atoms with Crippen molar-refractivity contribution >= 4 is 23.8 Å². The smallest absolute Gasteiger partial charge is 0.410 e. The fraction of sp³-hybridized carbons (Fsp3) is 0.706. The average molecular weight is 628 g/mol. The monoisotopic (exact) mass is 627 g/mol. The van der Waals surface area contributed by atoms with Gasteiger partial charge in [-0.3, -0.25) is 24.2 Å². The lowest BCUT2D eigenvalue weighted by molar-refractivity contribution is -0.150. The Kier molecular flexibility index (Phi) is 10.1. The van der Waals surface area contributed by atoms with Crippen LogP contribution in [-0.2, 0) is 25.5 Å². The molecule has 2 saturated heterocycles. The van der Waals surface area contributed by atoms with Gasteiger partial charge < -0.3 is 20.3 Å². The molecule has 4 aliphatic rings. The van der Waals surface area contributed by atoms with Gasteiger partial charge in [0.25, 0.3) is 0 Å². The van der Waals surface area contributed by atoms with Gasteiger partial charge in [-0.15, -0.1) is 0 Å². The number of nitrogens with zero attached hydrogens (tertiary/aromatic N) is 3. The van der Waals surface area contributed by atoms with Crippen LogP contribution in [0.4, 0.5) is 9.18 Å². The number of hydrogen-bond acceptors (Lipinski definition) is 6. The van der Waals surface area contributed by atoms with Crippen LogP contribution in [0.15, 0.2) is 24.3 Å². The third kappa shape index (κ3) is 7.45. The molecule has 4 amide bonds. The number of carbonyl (C=O) groups is 4. The van der Waals surface area contributed by atoms with Crippen LogP contribution in [0.5, 0.6) is 0 Å². The summed E-state index contributed by atoms with van der Waals surface area (Å²) in [5.74, 6) is -1.19. The Morgan fingerprint density at radius 1 is 1.02 bits per heavy atom. The quantitative estimate of drug-likeness (QED) is 0.477. The fourth-order valence-corrected chi connectivity index (χ4v) is 7.42. The van der Waals surface area contributed by atoms with Crippen LogP contribution >= 0.6 is 0 Å². The Morgan fingerprint density at radius 2 is 1.73 bits per heavy atom. The van der Waals surface area contributed by atoms with E-state index < -0.39 is 47.9 Å². The number of benzene rings is 1. The van der Waals surface area contributed by atoms with E-state index in [-0.39, 0.29) is 30.2 Å². The lowest BCUT2D eigenvalue weighted by Gasteiger charge is -2.45. The Morgan fingerprint density at radius 3 is 2.44 bits per heavy atom. The van der Waals surface area contributed by atoms with E-state index in [0.717, 1.165) is 62.6 Å². The maximum absolute atomic E-state index is 15.2. The zero-order valence-corrected chi connectivity index (χ0v) is 27.4. The van der Waals surface area contributed by atoms with Crippen molar-refractivity contribution in [3.63, 3.8) is 0 Å². The van der Waals surface area contributed by atoms with Crippen molar-refractivity contribution in [2.75, 3.05) is 26.7 Å². The van der Waals surface area contributed by atoms with Gasteiger partial charge in [0.15, 0.2) is 0 Å². The molecule has 0 bridgehead atoms. The van der Waals surface area contributed by atoms with E-state index >= 15 is 4.39 Å². The minimum Gasteiger partial charge on any atom is -0.444 e. The first-order chi connectivity index (χ1) is 21.3. The van der Waals surface area contributed by atoms with Crippen LogP contribution in [0.3, 0.4) is 0 Å². The Balaban J connectivity index is 1.37. The number of piperazine rings is 1. The topological polar surface area (TPSA) is 111 Å². The number of nitrogens with one attached hydrogen (secondary N) is 2. The molecule has 11 heteroatoms. The van der Waals surface area contributed by atoms with Gasteiger partial charge in [-0.2, -0.15) is 0 Å². The molecular weight excluding hydrogens is 577 g/mol. The number of hydrogen-bond donors (Lipinski definition) is 2. The molecule has 45 heavy (non-hydrogen) atoms. The molecule has 0 unspecified atom stereocenters. The Bertz CT molecular complexity index is 1260. The Hall–Kier alpha value is -3.21. The number of fused-ring (bicyclic) bond motifs is 2. The summed E-state index contributed by atoms with van der Waals surface area (Å²) in [6, 6.07) is 4.31. The summed E-state index contributed by atoms with van der Waals surface area (Å²) in [6.07, 6.45) is 4.85. The van der Waals surface area contributed by atoms with Crippen LogP contribution in [0.1, 0.15) is 89.8 Å². The minimum absolute atomic E-state index is 0.0866. The lowest BCUT2D eigenvalue weighted by Crippen LogP contribution is -2.66. The van der Waals surface area contributed by atoms with Crippen molar-refractivity contribution in [2.24, 2.45) is 5.92 Å². The van der Waals surface area contributed by atoms with Gasteiger partial charge in [0.1, 0.15) is 29.9 Å². The highest BCUT2D eigenvalue weighted by molar-refractivity contribution is 5.94. The standard InChI is InChI=1S/C34H50FN5O5/c1-21(38(5)33(44)45-34(2,3)4)30(41)36-28(22-12-7-6-8-13-22)32(43)40-19-24-15-11-17-39(24)20-27(40)31(42)37-29-25-16-10-9-14-23(25)18-26(29)35/h9-10,14,16,21-22,24,26-29H,6-8,11-13,15,17-20H2,1-5H3,(H,36,41)(H,37,42)/t21-,24+,26-,27-,28-,29-/m0/s1. The molecular formula is C34H50FN5O5. The van der Waals surface area contributed by atoms with Crippen LogP contribution in [0, 0.1) is 5.92 Å². The number of ether oxygens (including phenoxy) is 1. The third-order valence-electron chi connectivity index (χ3n) is 10.1. The van der Waals surface area contributed by atoms with Crippen LogP contribution in [0.2, 0.25) is 0 Å². The van der Waals surface area contributed by atoms with Crippen LogP contribution in [-0.4, -0.2) is 101 Å². The maximum atomic E-state index is 15.2. The van der Waals surface area contributed by atoms with Crippen molar-refractivity contribution in [1.29, 1.82) is 0 Å². The number of halogens is 1. The summed E-state index contributed by atoms with van der Waals surface area (Å²) < 4.78 is 20.6. The number of carbonyl (C=O) groups excluding carboxylic acids is 4. The van der Waals surface area contributed by atoms with Gasteiger partial charge in [-0.25, -0.2) is 9.18 Å². The van der Waals surface area contributed by atoms with Crippen LogP contribution in [0.25, 0.3) is 0 Å². The van der Waals surface area contributed by atoms with Gasteiger partial charge in [-0.05, 0) is 77.0 Å². The molecule has 1 aromatic rings. The van der Waals surface area contributed by atoms with Crippen molar-refractivity contribution in [2.45, 2.75) is 121 Å². The molecule has 2 N–H and O–H groups in total. The van der Waals surface area contributed by atoms with E-state index in [1.807, 2.05) is 24.3 Å². The highest BCUT2D eigenvalue weighted by Crippen LogP contribution is 2.35. The minimum atomic E-state index is -1.24. The first kappa shape index (κ1) is 33.2. The summed E-state index contributed by atoms with van der Waals surface area (Å²) in [6.45, 7) is 8.50. The molecule has 2 heterocycles. The fourth-order valence-electron chi connectivity index (χ4n) is 7.42. The normalized spacial score (nSPS) is 26.8. The zero-order chi connectivity index (χ0) is 32.5. The SMILES string of the molecule is C[C@@H](C(=O)N[C@H](C(=O)N1C[C@H]2CCCN2C[C@H]1C(=O)N[C@H]1c2ccccc2C[C@@H]1F)C1CCCCC1)N(C)C(=O)OC(C)(C)C. The molecule has 5 rings (SSSR count). The van der Waals surface area contributed by atoms with E-state index in [9.17, 15) is 19.2 Å². The molecule has 1 saturated carbocycles. The summed E-state index contributed by atoms with van der Waals surface area (Å²) in [4.78, 5) is 60.0. The van der Waals surface area contributed by atoms with Gasteiger partial charge in [0, 0.05) is 32.6 Å². The Labute approximate surface area is 266 Å². The number of likely N-dealkylation sites (N-methyl/N-ethyl adjacent to an activating group) is 1. The molecule has 248 valence electrons. The number of amides is 4. The molecule has 3 fully saturated rings. The zero-order valence-electron chi connectivity index (χ0n) is 27.4. The first-order valence-electron chi connectivity index (χ1n) is 16.7. The highest BCUT2D eigenvalue weighted by Gasteiger charge is 2.46. The molecule has 0 radical (unpaired) electrons. The predicted octanol–water partition coefficient (Wildman–Crippen LogP) is 3.73. The highest BCUT2D eigenvalue weighted by atomic mass is 19.1. The molecule has 0 spiro atoms. The maximum Gasteiger partial charge on any atom is 0.410 e. The second kappa shape index (κ2) is 13.6. The number of alkyl halides is 1. The molecule has 2 aliphatic carbocycles. The van der Waals surface area contributed by atoms with Crippen molar-refractivity contribution < 1.29 is 28.3 Å². The van der Waals surface area contributed by atoms with Crippen LogP contribution < -0.4 is 10.6 Å². The third-order valence-corrected chi connectivity index (χ3v) is 10.1. The van der Waals surface area contributed by atoms with Gasteiger partial charge in [0.05, 0.1) is 6.04 Å². The van der Waals surface area contributed by atoms with Gasteiger partial charge in [-0.1, -0.05) is 43.5 Å². The van der Waals surface area contributed by atoms with E-state index in [0.29, 0.717) is 13.1 Å². The van der Waals surface area contributed by atoms with E-state index in [1.165, 1.54) is 11.9 Å². The summed E-state index contributed by atoms with van der Waals surface area (Å²) in [5, 5.41) is 5.97. The van der Waals surface area contributed by atoms with E-state index in [4.69, 9.17) is 4.74 Å². The molecule has 2 aliphatic heterocycles. The molecule has 0 aromatic heterocycles. The second-order valence-corrected chi connectivity index (χ2v) is 14.4. The summed E-state index contributed by atoms with van der Waals surface area (Å²) in [7, 11) is 1.51. The second-order valence-electron chi connectivity index (χ2n) is 14.4. The number of rotatable bonds is 7. The molecule has 1 aromatic carbocycles. The molecule has 10 nitrogen and oxygen atoms in total. The van der Waals surface area contributed by atoms with E-state index in [1.54, 1.807) is 32.6 Å². The summed E-state index contributed by atoms with van der Waals surface area (Å²) in [5.41, 5.74) is 0.946. The van der Waals surface area contributed by atoms with Crippen molar-refractivity contribution in [3.8, 4) is 0 Å². The molecule has 6 atom stereocenters.